The first-order valence-electron chi connectivity index (χ1n) is 5.83. The second-order valence-corrected chi connectivity index (χ2v) is 4.76. The summed E-state index contributed by atoms with van der Waals surface area (Å²) in [7, 11) is 2.65. The average Bonchev–Trinajstić information content (AvgIpc) is 3.04. The number of alkyl halides is 3. The molecule has 106 valence electrons. The molecule has 3 nitrogen and oxygen atoms in total. The van der Waals surface area contributed by atoms with Crippen LogP contribution in [-0.4, -0.2) is 24.9 Å². The molecule has 6 heteroatoms. The molecule has 1 fully saturated rings. The number of aliphatic hydroxyl groups is 1. The fourth-order valence-corrected chi connectivity index (χ4v) is 2.01. The predicted molar refractivity (Wildman–Crippen MR) is 62.4 cm³/mol. The first-order valence-corrected chi connectivity index (χ1v) is 5.83. The zero-order chi connectivity index (χ0) is 14.3. The lowest BCUT2D eigenvalue weighted by molar-refractivity contribution is -0.138. The average molecular weight is 276 g/mol. The Morgan fingerprint density at radius 3 is 2.11 bits per heavy atom. The molecule has 1 saturated carbocycles. The summed E-state index contributed by atoms with van der Waals surface area (Å²) < 4.78 is 48.9. The first kappa shape index (κ1) is 14.0. The highest BCUT2D eigenvalue weighted by atomic mass is 19.4. The van der Waals surface area contributed by atoms with Crippen molar-refractivity contribution in [1.29, 1.82) is 0 Å². The Hall–Kier alpha value is -1.43. The zero-order valence-corrected chi connectivity index (χ0v) is 10.7. The van der Waals surface area contributed by atoms with Gasteiger partial charge in [0.15, 0.2) is 11.5 Å². The van der Waals surface area contributed by atoms with E-state index in [1.807, 2.05) is 0 Å². The molecule has 0 spiro atoms. The van der Waals surface area contributed by atoms with Gasteiger partial charge < -0.3 is 14.6 Å². The standard InChI is InChI=1S/C13H15F3O3/c1-18-10-5-8(7-12(17)3-4-12)9(13(14,15)16)6-11(10)19-2/h5-6,17H,3-4,7H2,1-2H3. The van der Waals surface area contributed by atoms with Crippen molar-refractivity contribution in [3.8, 4) is 11.5 Å². The van der Waals surface area contributed by atoms with Crippen LogP contribution in [0, 0.1) is 0 Å². The van der Waals surface area contributed by atoms with E-state index < -0.39 is 17.3 Å². The van der Waals surface area contributed by atoms with Crippen molar-refractivity contribution in [1.82, 2.24) is 0 Å². The molecule has 0 unspecified atom stereocenters. The molecule has 0 bridgehead atoms. The second kappa shape index (κ2) is 4.59. The van der Waals surface area contributed by atoms with Crippen LogP contribution in [0.1, 0.15) is 24.0 Å². The third-order valence-corrected chi connectivity index (χ3v) is 3.26. The first-order chi connectivity index (χ1) is 8.79. The van der Waals surface area contributed by atoms with E-state index in [4.69, 9.17) is 9.47 Å². The van der Waals surface area contributed by atoms with Crippen molar-refractivity contribution in [2.75, 3.05) is 14.2 Å². The molecule has 19 heavy (non-hydrogen) atoms. The molecule has 1 N–H and O–H groups in total. The van der Waals surface area contributed by atoms with Crippen molar-refractivity contribution >= 4 is 0 Å². The highest BCUT2D eigenvalue weighted by molar-refractivity contribution is 5.49. The number of ether oxygens (including phenoxy) is 2. The maximum atomic E-state index is 13.0. The summed E-state index contributed by atoms with van der Waals surface area (Å²) in [5, 5.41) is 9.82. The van der Waals surface area contributed by atoms with Crippen molar-refractivity contribution < 1.29 is 27.8 Å². The molecular weight excluding hydrogens is 261 g/mol. The van der Waals surface area contributed by atoms with E-state index in [0.717, 1.165) is 6.07 Å². The Kier molecular flexibility index (Phi) is 3.38. The van der Waals surface area contributed by atoms with Crippen LogP contribution in [0.2, 0.25) is 0 Å². The fourth-order valence-electron chi connectivity index (χ4n) is 2.01. The summed E-state index contributed by atoms with van der Waals surface area (Å²) >= 11 is 0. The molecule has 0 aliphatic heterocycles. The molecular formula is C13H15F3O3. The second-order valence-electron chi connectivity index (χ2n) is 4.76. The predicted octanol–water partition coefficient (Wildman–Crippen LogP) is 2.79. The maximum Gasteiger partial charge on any atom is 0.416 e. The minimum Gasteiger partial charge on any atom is -0.493 e. The van der Waals surface area contributed by atoms with Gasteiger partial charge in [0.05, 0.1) is 25.4 Å². The smallest absolute Gasteiger partial charge is 0.416 e. The molecule has 0 radical (unpaired) electrons. The summed E-state index contributed by atoms with van der Waals surface area (Å²) in [5.74, 6) is 0.260. The third-order valence-electron chi connectivity index (χ3n) is 3.26. The van der Waals surface area contributed by atoms with Crippen molar-refractivity contribution in [3.63, 3.8) is 0 Å². The van der Waals surface area contributed by atoms with Gasteiger partial charge in [0.1, 0.15) is 0 Å². The van der Waals surface area contributed by atoms with Gasteiger partial charge in [-0.1, -0.05) is 0 Å². The third kappa shape index (κ3) is 2.94. The van der Waals surface area contributed by atoms with Crippen LogP contribution in [0.4, 0.5) is 13.2 Å². The van der Waals surface area contributed by atoms with Crippen molar-refractivity contribution in [2.24, 2.45) is 0 Å². The van der Waals surface area contributed by atoms with Gasteiger partial charge in [0, 0.05) is 6.42 Å². The van der Waals surface area contributed by atoms with E-state index in [2.05, 4.69) is 0 Å². The Morgan fingerprint density at radius 1 is 1.16 bits per heavy atom. The van der Waals surface area contributed by atoms with E-state index in [1.165, 1.54) is 20.3 Å². The monoisotopic (exact) mass is 276 g/mol. The highest BCUT2D eigenvalue weighted by Crippen LogP contribution is 2.44. The molecule has 1 aromatic rings. The van der Waals surface area contributed by atoms with Crippen LogP contribution in [0.25, 0.3) is 0 Å². The van der Waals surface area contributed by atoms with Crippen molar-refractivity contribution in [2.45, 2.75) is 31.0 Å². The van der Waals surface area contributed by atoms with E-state index in [-0.39, 0.29) is 23.5 Å². The van der Waals surface area contributed by atoms with Crippen LogP contribution in [0.15, 0.2) is 12.1 Å². The summed E-state index contributed by atoms with van der Waals surface area (Å²) in [5.41, 5.74) is -1.75. The van der Waals surface area contributed by atoms with Gasteiger partial charge in [-0.15, -0.1) is 0 Å². The molecule has 1 aromatic carbocycles. The fraction of sp³-hybridized carbons (Fsp3) is 0.538. The molecule has 0 aromatic heterocycles. The Labute approximate surface area is 108 Å². The summed E-state index contributed by atoms with van der Waals surface area (Å²) in [6.07, 6.45) is -3.46. The molecule has 1 aliphatic carbocycles. The van der Waals surface area contributed by atoms with Crippen LogP contribution < -0.4 is 9.47 Å². The van der Waals surface area contributed by atoms with Gasteiger partial charge in [0.2, 0.25) is 0 Å². The van der Waals surface area contributed by atoms with Gasteiger partial charge in [0.25, 0.3) is 0 Å². The minimum absolute atomic E-state index is 0.0256. The van der Waals surface area contributed by atoms with Crippen LogP contribution in [0.3, 0.4) is 0 Å². The number of methoxy groups -OCH3 is 2. The molecule has 0 atom stereocenters. The topological polar surface area (TPSA) is 38.7 Å². The number of halogens is 3. The lowest BCUT2D eigenvalue weighted by atomic mass is 9.99. The summed E-state index contributed by atoms with van der Waals surface area (Å²) in [4.78, 5) is 0. The molecule has 0 amide bonds. The van der Waals surface area contributed by atoms with Gasteiger partial charge in [-0.25, -0.2) is 0 Å². The summed E-state index contributed by atoms with van der Waals surface area (Å²) in [6.45, 7) is 0. The van der Waals surface area contributed by atoms with Gasteiger partial charge in [-0.2, -0.15) is 13.2 Å². The maximum absolute atomic E-state index is 13.0. The van der Waals surface area contributed by atoms with Crippen LogP contribution in [-0.2, 0) is 12.6 Å². The van der Waals surface area contributed by atoms with Gasteiger partial charge >= 0.3 is 6.18 Å². The summed E-state index contributed by atoms with van der Waals surface area (Å²) in [6, 6.07) is 2.21. The normalized spacial score (nSPS) is 17.2. The number of hydrogen-bond donors (Lipinski definition) is 1. The number of benzene rings is 1. The van der Waals surface area contributed by atoms with Crippen molar-refractivity contribution in [3.05, 3.63) is 23.3 Å². The molecule has 0 saturated heterocycles. The zero-order valence-electron chi connectivity index (χ0n) is 10.7. The van der Waals surface area contributed by atoms with E-state index in [0.29, 0.717) is 12.8 Å². The molecule has 1 aliphatic rings. The van der Waals surface area contributed by atoms with Gasteiger partial charge in [-0.05, 0) is 30.5 Å². The Morgan fingerprint density at radius 2 is 1.68 bits per heavy atom. The molecule has 0 heterocycles. The largest absolute Gasteiger partial charge is 0.493 e. The van der Waals surface area contributed by atoms with E-state index in [9.17, 15) is 18.3 Å². The SMILES string of the molecule is COc1cc(CC2(O)CC2)c(C(F)(F)F)cc1OC. The van der Waals surface area contributed by atoms with Crippen LogP contribution in [0.5, 0.6) is 11.5 Å². The number of rotatable bonds is 4. The number of hydrogen-bond acceptors (Lipinski definition) is 3. The minimum atomic E-state index is -4.49. The Bertz CT molecular complexity index is 479. The van der Waals surface area contributed by atoms with E-state index in [1.54, 1.807) is 0 Å². The Balaban J connectivity index is 2.48. The lowest BCUT2D eigenvalue weighted by Gasteiger charge is -2.18. The van der Waals surface area contributed by atoms with Crippen LogP contribution >= 0.6 is 0 Å². The molecule has 2 rings (SSSR count). The highest BCUT2D eigenvalue weighted by Gasteiger charge is 2.43. The van der Waals surface area contributed by atoms with Gasteiger partial charge in [-0.3, -0.25) is 0 Å². The lowest BCUT2D eigenvalue weighted by Crippen LogP contribution is -2.17. The van der Waals surface area contributed by atoms with E-state index >= 15 is 0 Å². The quantitative estimate of drug-likeness (QED) is 0.919.